The first kappa shape index (κ1) is 30.7. The highest BCUT2D eigenvalue weighted by Gasteiger charge is 2.27. The monoisotopic (exact) mass is 527 g/mol. The van der Waals surface area contributed by atoms with E-state index in [9.17, 15) is 24.0 Å². The number of methoxy groups -OCH3 is 2. The Morgan fingerprint density at radius 2 is 1.36 bits per heavy atom. The summed E-state index contributed by atoms with van der Waals surface area (Å²) in [5, 5.41) is 5.42. The van der Waals surface area contributed by atoms with Gasteiger partial charge in [0.25, 0.3) is 0 Å². The van der Waals surface area contributed by atoms with Crippen molar-refractivity contribution in [3.63, 3.8) is 0 Å². The molecule has 8 N–H and O–H groups in total. The highest BCUT2D eigenvalue weighted by Crippen LogP contribution is 2.38. The summed E-state index contributed by atoms with van der Waals surface area (Å²) < 4.78 is 8.86. The first-order valence-corrected chi connectivity index (χ1v) is 11.3. The molecule has 200 valence electrons. The quantitative estimate of drug-likeness (QED) is 0.290. The standard InChI is InChI=1S/C18H23N3O4.C5H10N2O3.ClH/c1-25-17(23)14(9-15(19)22)20-18(24)21-16-12-6-2-4-10(12)8-11-5-3-7-13(11)16;1-10-5(9)3(6)2-4(7)8;/h8,14H,2-7,9H2,1H3,(H2,19,22)(H2,20,21,24);3H,2,6H2,1H3,(H2,7,8);1H/t14-;3-;/m11./s1. The van der Waals surface area contributed by atoms with E-state index < -0.39 is 41.9 Å². The van der Waals surface area contributed by atoms with Gasteiger partial charge in [-0.05, 0) is 60.8 Å². The molecule has 0 saturated heterocycles. The number of urea groups is 1. The van der Waals surface area contributed by atoms with E-state index in [1.54, 1.807) is 0 Å². The fourth-order valence-corrected chi connectivity index (χ4v) is 4.26. The molecule has 0 bridgehead atoms. The number of hydrogen-bond acceptors (Lipinski definition) is 8. The molecule has 36 heavy (non-hydrogen) atoms. The topological polar surface area (TPSA) is 206 Å². The molecule has 4 amide bonds. The summed E-state index contributed by atoms with van der Waals surface area (Å²) >= 11 is 0. The van der Waals surface area contributed by atoms with Crippen LogP contribution in [-0.2, 0) is 54.3 Å². The number of benzene rings is 1. The van der Waals surface area contributed by atoms with E-state index >= 15 is 0 Å². The van der Waals surface area contributed by atoms with Crippen LogP contribution >= 0.6 is 12.4 Å². The lowest BCUT2D eigenvalue weighted by Crippen LogP contribution is -2.45. The number of carbonyl (C=O) groups excluding carboxylic acids is 5. The van der Waals surface area contributed by atoms with Crippen molar-refractivity contribution in [2.24, 2.45) is 17.2 Å². The molecular weight excluding hydrogens is 494 g/mol. The third-order valence-electron chi connectivity index (χ3n) is 5.83. The van der Waals surface area contributed by atoms with E-state index in [1.807, 2.05) is 0 Å². The molecule has 2 aliphatic carbocycles. The minimum atomic E-state index is -1.09. The van der Waals surface area contributed by atoms with Gasteiger partial charge in [-0.15, -0.1) is 12.4 Å². The van der Waals surface area contributed by atoms with Crippen molar-refractivity contribution < 1.29 is 33.4 Å². The molecule has 2 atom stereocenters. The van der Waals surface area contributed by atoms with Crippen molar-refractivity contribution in [1.82, 2.24) is 5.32 Å². The summed E-state index contributed by atoms with van der Waals surface area (Å²) in [7, 11) is 2.40. The average Bonchev–Trinajstić information content (AvgIpc) is 3.46. The maximum Gasteiger partial charge on any atom is 0.328 e. The van der Waals surface area contributed by atoms with Gasteiger partial charge in [-0.25, -0.2) is 9.59 Å². The second kappa shape index (κ2) is 14.2. The van der Waals surface area contributed by atoms with E-state index in [-0.39, 0.29) is 25.2 Å². The SMILES string of the molecule is COC(=O)[C@@H](CC(N)=O)NC(=O)Nc1c2c(cc3c1CCC3)CCC2.COC(=O)[C@H](N)CC(N)=O.Cl. The molecule has 0 fully saturated rings. The lowest BCUT2D eigenvalue weighted by molar-refractivity contribution is -0.144. The van der Waals surface area contributed by atoms with Gasteiger partial charge in [0.05, 0.1) is 27.1 Å². The summed E-state index contributed by atoms with van der Waals surface area (Å²) in [5.74, 6) is -2.62. The van der Waals surface area contributed by atoms with Crippen LogP contribution in [0.4, 0.5) is 10.5 Å². The minimum absolute atomic E-state index is 0. The van der Waals surface area contributed by atoms with Crippen LogP contribution in [0.25, 0.3) is 0 Å². The number of esters is 2. The molecular formula is C23H34ClN5O7. The van der Waals surface area contributed by atoms with Crippen molar-refractivity contribution in [3.8, 4) is 0 Å². The van der Waals surface area contributed by atoms with Crippen LogP contribution < -0.4 is 27.8 Å². The van der Waals surface area contributed by atoms with Crippen LogP contribution in [0.15, 0.2) is 6.07 Å². The van der Waals surface area contributed by atoms with Gasteiger partial charge in [0.1, 0.15) is 12.1 Å². The highest BCUT2D eigenvalue weighted by molar-refractivity contribution is 5.96. The summed E-state index contributed by atoms with van der Waals surface area (Å²) in [6, 6.07) is -0.265. The maximum atomic E-state index is 12.4. The molecule has 0 spiro atoms. The first-order chi connectivity index (χ1) is 16.6. The lowest BCUT2D eigenvalue weighted by atomic mass is 9.99. The van der Waals surface area contributed by atoms with Crippen molar-refractivity contribution in [2.45, 2.75) is 63.5 Å². The van der Waals surface area contributed by atoms with Crippen molar-refractivity contribution in [2.75, 3.05) is 19.5 Å². The van der Waals surface area contributed by atoms with Gasteiger partial charge in [0, 0.05) is 5.69 Å². The number of carbonyl (C=O) groups is 5. The molecule has 0 radical (unpaired) electrons. The van der Waals surface area contributed by atoms with E-state index in [0.29, 0.717) is 0 Å². The lowest BCUT2D eigenvalue weighted by Gasteiger charge is -2.19. The van der Waals surface area contributed by atoms with E-state index in [1.165, 1.54) is 36.5 Å². The number of nitrogens with two attached hydrogens (primary N) is 3. The number of ether oxygens (including phenoxy) is 2. The van der Waals surface area contributed by atoms with E-state index in [4.69, 9.17) is 17.2 Å². The first-order valence-electron chi connectivity index (χ1n) is 11.3. The molecule has 1 aromatic rings. The van der Waals surface area contributed by atoms with Gasteiger partial charge < -0.3 is 37.3 Å². The van der Waals surface area contributed by atoms with Crippen molar-refractivity contribution >= 4 is 47.9 Å². The summed E-state index contributed by atoms with van der Waals surface area (Å²) in [6.07, 6.45) is 5.65. The summed E-state index contributed by atoms with van der Waals surface area (Å²) in [5.41, 5.74) is 20.9. The zero-order valence-corrected chi connectivity index (χ0v) is 21.2. The van der Waals surface area contributed by atoms with Gasteiger partial charge >= 0.3 is 18.0 Å². The Kier molecular flexibility index (Phi) is 12.1. The third-order valence-corrected chi connectivity index (χ3v) is 5.83. The van der Waals surface area contributed by atoms with Gasteiger partial charge in [0.15, 0.2) is 0 Å². The molecule has 0 saturated carbocycles. The Bertz CT molecular complexity index is 969. The number of aryl methyl sites for hydroxylation is 2. The molecule has 12 nitrogen and oxygen atoms in total. The number of hydrogen-bond donors (Lipinski definition) is 5. The molecule has 0 aliphatic heterocycles. The van der Waals surface area contributed by atoms with Gasteiger partial charge in [0.2, 0.25) is 11.8 Å². The predicted octanol–water partition coefficient (Wildman–Crippen LogP) is -0.0136. The minimum Gasteiger partial charge on any atom is -0.468 e. The van der Waals surface area contributed by atoms with Crippen LogP contribution in [0.1, 0.15) is 47.9 Å². The highest BCUT2D eigenvalue weighted by atomic mass is 35.5. The van der Waals surface area contributed by atoms with Crippen LogP contribution in [0, 0.1) is 0 Å². The third kappa shape index (κ3) is 8.38. The molecule has 3 rings (SSSR count). The van der Waals surface area contributed by atoms with Crippen LogP contribution in [0.2, 0.25) is 0 Å². The molecule has 0 unspecified atom stereocenters. The number of primary amides is 2. The molecule has 1 aromatic carbocycles. The number of halogens is 1. The van der Waals surface area contributed by atoms with E-state index in [0.717, 1.165) is 44.2 Å². The fourth-order valence-electron chi connectivity index (χ4n) is 4.26. The number of amides is 4. The summed E-state index contributed by atoms with van der Waals surface area (Å²) in [6.45, 7) is 0. The smallest absolute Gasteiger partial charge is 0.328 e. The van der Waals surface area contributed by atoms with Crippen LogP contribution in [0.5, 0.6) is 0 Å². The number of anilines is 1. The number of nitrogens with one attached hydrogen (secondary N) is 2. The Morgan fingerprint density at radius 1 is 0.861 bits per heavy atom. The maximum absolute atomic E-state index is 12.4. The Morgan fingerprint density at radius 3 is 1.81 bits per heavy atom. The number of rotatable bonds is 8. The van der Waals surface area contributed by atoms with Gasteiger partial charge in [-0.3, -0.25) is 14.4 Å². The molecule has 0 heterocycles. The van der Waals surface area contributed by atoms with Crippen molar-refractivity contribution in [3.05, 3.63) is 28.3 Å². The molecule has 2 aliphatic rings. The van der Waals surface area contributed by atoms with Gasteiger partial charge in [-0.2, -0.15) is 0 Å². The molecule has 0 aromatic heterocycles. The Balaban J connectivity index is 0.000000504. The zero-order chi connectivity index (χ0) is 26.1. The second-order valence-electron chi connectivity index (χ2n) is 8.38. The fraction of sp³-hybridized carbons (Fsp3) is 0.522. The summed E-state index contributed by atoms with van der Waals surface area (Å²) in [4.78, 5) is 56.0. The molecule has 13 heteroatoms. The Labute approximate surface area is 215 Å². The number of fused-ring (bicyclic) bond motifs is 2. The Hall–Kier alpha value is -3.38. The largest absolute Gasteiger partial charge is 0.468 e. The zero-order valence-electron chi connectivity index (χ0n) is 20.4. The van der Waals surface area contributed by atoms with Crippen LogP contribution in [0.3, 0.4) is 0 Å². The second-order valence-corrected chi connectivity index (χ2v) is 8.38. The normalized spacial score (nSPS) is 14.4. The van der Waals surface area contributed by atoms with E-state index in [2.05, 4.69) is 26.2 Å². The predicted molar refractivity (Wildman–Crippen MR) is 133 cm³/mol. The average molecular weight is 528 g/mol. The van der Waals surface area contributed by atoms with Crippen LogP contribution in [-0.4, -0.2) is 56.1 Å². The van der Waals surface area contributed by atoms with Crippen molar-refractivity contribution in [1.29, 1.82) is 0 Å². The van der Waals surface area contributed by atoms with Gasteiger partial charge in [-0.1, -0.05) is 6.07 Å².